The topological polar surface area (TPSA) is 93.6 Å². The SMILES string of the molecule is COC[C@@H](F)c1nnc(-c2c(-c3cn[nH]c3)c3cc(OC)c(Cl)c(F)c3n2C)[nH]1. The van der Waals surface area contributed by atoms with Gasteiger partial charge in [-0.2, -0.15) is 5.10 Å². The summed E-state index contributed by atoms with van der Waals surface area (Å²) in [5, 5.41) is 15.1. The third kappa shape index (κ3) is 3.04. The molecule has 3 aromatic heterocycles. The van der Waals surface area contributed by atoms with E-state index in [1.54, 1.807) is 30.1 Å². The van der Waals surface area contributed by atoms with E-state index in [1.807, 2.05) is 0 Å². The van der Waals surface area contributed by atoms with Crippen molar-refractivity contribution < 1.29 is 18.3 Å². The lowest BCUT2D eigenvalue weighted by molar-refractivity contribution is 0.120. The van der Waals surface area contributed by atoms with Crippen molar-refractivity contribution >= 4 is 22.5 Å². The molecule has 0 aliphatic carbocycles. The molecule has 3 heterocycles. The van der Waals surface area contributed by atoms with Crippen molar-refractivity contribution in [3.05, 3.63) is 35.1 Å². The van der Waals surface area contributed by atoms with Gasteiger partial charge >= 0.3 is 0 Å². The van der Waals surface area contributed by atoms with Crippen LogP contribution in [0.15, 0.2) is 18.5 Å². The van der Waals surface area contributed by atoms with Crippen LogP contribution < -0.4 is 4.74 Å². The fourth-order valence-electron chi connectivity index (χ4n) is 3.37. The maximum absolute atomic E-state index is 15.1. The Morgan fingerprint density at radius 1 is 1.31 bits per heavy atom. The lowest BCUT2D eigenvalue weighted by Crippen LogP contribution is -2.02. The molecule has 0 radical (unpaired) electrons. The quantitative estimate of drug-likeness (QED) is 0.492. The molecule has 0 aliphatic rings. The number of hydrogen-bond donors (Lipinski definition) is 2. The zero-order valence-electron chi connectivity index (χ0n) is 15.8. The van der Waals surface area contributed by atoms with Crippen molar-refractivity contribution in [3.63, 3.8) is 0 Å². The summed E-state index contributed by atoms with van der Waals surface area (Å²) in [5.74, 6) is -0.160. The molecule has 11 heteroatoms. The van der Waals surface area contributed by atoms with Gasteiger partial charge in [-0.25, -0.2) is 8.78 Å². The van der Waals surface area contributed by atoms with Crippen LogP contribution in [0.3, 0.4) is 0 Å². The Morgan fingerprint density at radius 3 is 2.76 bits per heavy atom. The van der Waals surface area contributed by atoms with Gasteiger partial charge in [0.1, 0.15) is 10.8 Å². The molecule has 0 aliphatic heterocycles. The van der Waals surface area contributed by atoms with E-state index in [-0.39, 0.29) is 34.5 Å². The second kappa shape index (κ2) is 7.45. The first-order chi connectivity index (χ1) is 14.0. The van der Waals surface area contributed by atoms with Crippen LogP contribution >= 0.6 is 11.6 Å². The summed E-state index contributed by atoms with van der Waals surface area (Å²) in [5.41, 5.74) is 2.04. The van der Waals surface area contributed by atoms with E-state index in [4.69, 9.17) is 21.1 Å². The fraction of sp³-hybridized carbons (Fsp3) is 0.278. The second-order valence-corrected chi connectivity index (χ2v) is 6.73. The van der Waals surface area contributed by atoms with Crippen LogP contribution in [0.1, 0.15) is 12.0 Å². The maximum atomic E-state index is 15.1. The van der Waals surface area contributed by atoms with Crippen molar-refractivity contribution in [2.75, 3.05) is 20.8 Å². The van der Waals surface area contributed by atoms with Crippen molar-refractivity contribution in [1.82, 2.24) is 29.9 Å². The Balaban J connectivity index is 2.03. The summed E-state index contributed by atoms with van der Waals surface area (Å²) in [7, 11) is 4.47. The van der Waals surface area contributed by atoms with Crippen molar-refractivity contribution in [1.29, 1.82) is 0 Å². The second-order valence-electron chi connectivity index (χ2n) is 6.35. The molecule has 1 aromatic carbocycles. The van der Waals surface area contributed by atoms with Crippen LogP contribution in [-0.4, -0.2) is 50.8 Å². The minimum Gasteiger partial charge on any atom is -0.495 e. The standard InChI is InChI=1S/C18H17ClF2N6O2/c1-27-15-9(4-11(29-3)13(19)14(15)21)12(8-5-22-23-6-8)16(27)18-24-17(25-26-18)10(20)7-28-2/h4-6,10H,7H2,1-3H3,(H,22,23)(H,24,25,26)/t10-/m1/s1. The van der Waals surface area contributed by atoms with Crippen LogP contribution in [0.5, 0.6) is 5.75 Å². The van der Waals surface area contributed by atoms with Gasteiger partial charge in [-0.05, 0) is 6.07 Å². The highest BCUT2D eigenvalue weighted by Gasteiger charge is 2.27. The molecule has 4 rings (SSSR count). The highest BCUT2D eigenvalue weighted by molar-refractivity contribution is 6.33. The molecular formula is C18H17ClF2N6O2. The van der Waals surface area contributed by atoms with Crippen molar-refractivity contribution in [2.24, 2.45) is 7.05 Å². The highest BCUT2D eigenvalue weighted by Crippen LogP contribution is 2.44. The monoisotopic (exact) mass is 422 g/mol. The van der Waals surface area contributed by atoms with Crippen LogP contribution in [-0.2, 0) is 11.8 Å². The van der Waals surface area contributed by atoms with Gasteiger partial charge in [0.25, 0.3) is 0 Å². The minimum atomic E-state index is -1.47. The molecule has 0 bridgehead atoms. The maximum Gasteiger partial charge on any atom is 0.182 e. The molecule has 0 saturated carbocycles. The zero-order chi connectivity index (χ0) is 20.7. The van der Waals surface area contributed by atoms with Gasteiger partial charge in [0.15, 0.2) is 23.6 Å². The summed E-state index contributed by atoms with van der Waals surface area (Å²) in [6, 6.07) is 1.65. The molecule has 0 amide bonds. The lowest BCUT2D eigenvalue weighted by Gasteiger charge is -2.06. The third-order valence-corrected chi connectivity index (χ3v) is 5.02. The van der Waals surface area contributed by atoms with Gasteiger partial charge in [0.2, 0.25) is 0 Å². The number of aromatic amines is 2. The van der Waals surface area contributed by atoms with E-state index < -0.39 is 12.0 Å². The summed E-state index contributed by atoms with van der Waals surface area (Å²) in [6.45, 7) is -0.167. The number of halogens is 3. The van der Waals surface area contributed by atoms with E-state index >= 15 is 4.39 Å². The Labute approximate surface area is 168 Å². The van der Waals surface area contributed by atoms with Gasteiger partial charge in [0, 0.05) is 36.9 Å². The molecule has 0 fully saturated rings. The number of alkyl halides is 1. The number of nitrogens with zero attached hydrogens (tertiary/aromatic N) is 4. The number of fused-ring (bicyclic) bond motifs is 1. The number of benzene rings is 1. The Kier molecular flexibility index (Phi) is 4.97. The smallest absolute Gasteiger partial charge is 0.182 e. The highest BCUT2D eigenvalue weighted by atomic mass is 35.5. The van der Waals surface area contributed by atoms with E-state index in [0.29, 0.717) is 22.2 Å². The molecule has 4 aromatic rings. The molecule has 29 heavy (non-hydrogen) atoms. The third-order valence-electron chi connectivity index (χ3n) is 4.67. The first kappa shape index (κ1) is 19.3. The number of H-pyrrole nitrogens is 2. The number of aryl methyl sites for hydroxylation is 1. The predicted molar refractivity (Wildman–Crippen MR) is 103 cm³/mol. The molecule has 0 unspecified atom stereocenters. The number of rotatable bonds is 6. The number of methoxy groups -OCH3 is 2. The van der Waals surface area contributed by atoms with Gasteiger partial charge in [0.05, 0.1) is 31.1 Å². The molecule has 152 valence electrons. The van der Waals surface area contributed by atoms with Crippen molar-refractivity contribution in [2.45, 2.75) is 6.17 Å². The van der Waals surface area contributed by atoms with Gasteiger partial charge in [-0.1, -0.05) is 11.6 Å². The number of nitrogens with one attached hydrogen (secondary N) is 2. The van der Waals surface area contributed by atoms with E-state index in [2.05, 4.69) is 25.4 Å². The van der Waals surface area contributed by atoms with Gasteiger partial charge in [-0.3, -0.25) is 5.10 Å². The van der Waals surface area contributed by atoms with E-state index in [9.17, 15) is 4.39 Å². The number of ether oxygens (including phenoxy) is 2. The molecule has 2 N–H and O–H groups in total. The first-order valence-corrected chi connectivity index (χ1v) is 8.95. The van der Waals surface area contributed by atoms with Crippen molar-refractivity contribution in [3.8, 4) is 28.4 Å². The number of aromatic nitrogens is 6. The minimum absolute atomic E-state index is 0.0151. The summed E-state index contributed by atoms with van der Waals surface area (Å²) < 4.78 is 40.9. The normalized spacial score (nSPS) is 12.6. The lowest BCUT2D eigenvalue weighted by atomic mass is 10.0. The average molecular weight is 423 g/mol. The Hall–Kier alpha value is -2.98. The van der Waals surface area contributed by atoms with Gasteiger partial charge in [-0.15, -0.1) is 10.2 Å². The fourth-order valence-corrected chi connectivity index (χ4v) is 3.59. The summed E-state index contributed by atoms with van der Waals surface area (Å²) >= 11 is 6.13. The zero-order valence-corrected chi connectivity index (χ0v) is 16.5. The molecular weight excluding hydrogens is 406 g/mol. The molecule has 0 saturated heterocycles. The molecule has 0 spiro atoms. The van der Waals surface area contributed by atoms with Crippen LogP contribution in [0.25, 0.3) is 33.5 Å². The number of hydrogen-bond acceptors (Lipinski definition) is 5. The van der Waals surface area contributed by atoms with E-state index in [0.717, 1.165) is 0 Å². The predicted octanol–water partition coefficient (Wildman–Crippen LogP) is 3.81. The summed E-state index contributed by atoms with van der Waals surface area (Å²) in [6.07, 6.45) is 1.79. The molecule has 8 nitrogen and oxygen atoms in total. The summed E-state index contributed by atoms with van der Waals surface area (Å²) in [4.78, 5) is 2.87. The molecule has 1 atom stereocenters. The largest absolute Gasteiger partial charge is 0.495 e. The van der Waals surface area contributed by atoms with Crippen LogP contribution in [0.4, 0.5) is 8.78 Å². The Morgan fingerprint density at radius 2 is 2.10 bits per heavy atom. The van der Waals surface area contributed by atoms with Gasteiger partial charge < -0.3 is 19.0 Å². The first-order valence-electron chi connectivity index (χ1n) is 8.57. The van der Waals surface area contributed by atoms with Crippen LogP contribution in [0, 0.1) is 5.82 Å². The average Bonchev–Trinajstić information content (AvgIpc) is 3.43. The van der Waals surface area contributed by atoms with E-state index in [1.165, 1.54) is 14.2 Å². The van der Waals surface area contributed by atoms with Crippen LogP contribution in [0.2, 0.25) is 5.02 Å². The Bertz CT molecular complexity index is 1170.